The van der Waals surface area contributed by atoms with E-state index in [2.05, 4.69) is 40.9 Å². The summed E-state index contributed by atoms with van der Waals surface area (Å²) in [7, 11) is 10.8. The molecule has 0 saturated carbocycles. The fourth-order valence-corrected chi connectivity index (χ4v) is 8.26. The van der Waals surface area contributed by atoms with Crippen LogP contribution in [0.4, 0.5) is 10.5 Å². The highest BCUT2D eigenvalue weighted by Gasteiger charge is 2.55. The van der Waals surface area contributed by atoms with Crippen LogP contribution in [-0.2, 0) is 38.0 Å². The van der Waals surface area contributed by atoms with Crippen molar-refractivity contribution in [1.29, 1.82) is 0 Å². The number of carbonyl (C=O) groups excluding carboxylic acids is 4. The minimum atomic E-state index is -2.38. The van der Waals surface area contributed by atoms with Crippen molar-refractivity contribution in [3.63, 3.8) is 0 Å². The molecule has 0 aromatic heterocycles. The molecule has 0 radical (unpaired) electrons. The Balaban J connectivity index is 1.76. The van der Waals surface area contributed by atoms with E-state index in [1.807, 2.05) is 6.26 Å². The maximum Gasteiger partial charge on any atom is 0.411 e. The Hall–Kier alpha value is -4.57. The summed E-state index contributed by atoms with van der Waals surface area (Å²) >= 11 is 0. The highest BCUT2D eigenvalue weighted by atomic mass is 33.5. The minimum absolute atomic E-state index is 0.0363. The molecule has 0 spiro atoms. The third-order valence-corrected chi connectivity index (χ3v) is 12.4. The first-order chi connectivity index (χ1) is 27.3. The normalized spacial score (nSPS) is 26.4. The number of ketones is 1. The Labute approximate surface area is 341 Å². The lowest BCUT2D eigenvalue weighted by Crippen LogP contribution is -2.59. The summed E-state index contributed by atoms with van der Waals surface area (Å²) in [6.07, 6.45) is -3.21. The second-order valence-electron chi connectivity index (χ2n) is 12.0. The van der Waals surface area contributed by atoms with Gasteiger partial charge in [0.1, 0.15) is 18.3 Å². The van der Waals surface area contributed by atoms with Gasteiger partial charge in [0, 0.05) is 42.6 Å². The van der Waals surface area contributed by atoms with Gasteiger partial charge >= 0.3 is 12.1 Å². The first kappa shape index (κ1) is 45.1. The van der Waals surface area contributed by atoms with E-state index in [-0.39, 0.29) is 51.8 Å². The van der Waals surface area contributed by atoms with E-state index in [4.69, 9.17) is 37.9 Å². The van der Waals surface area contributed by atoms with Crippen LogP contribution in [0.15, 0.2) is 59.5 Å². The molecule has 3 aliphatic rings. The van der Waals surface area contributed by atoms with Crippen molar-refractivity contribution in [3.8, 4) is 35.2 Å². The lowest BCUT2D eigenvalue weighted by atomic mass is 9.73. The molecule has 1 unspecified atom stereocenters. The fraction of sp³-hybridized carbons (Fsp3) is 0.421. The van der Waals surface area contributed by atoms with E-state index in [1.54, 1.807) is 6.08 Å². The van der Waals surface area contributed by atoms with Gasteiger partial charge in [-0.2, -0.15) is 0 Å². The lowest BCUT2D eigenvalue weighted by Gasteiger charge is -2.43. The van der Waals surface area contributed by atoms with Crippen LogP contribution in [0.2, 0.25) is 0 Å². The molecule has 19 heteroatoms. The van der Waals surface area contributed by atoms with Crippen LogP contribution in [-0.4, -0.2) is 124 Å². The Morgan fingerprint density at radius 2 is 1.77 bits per heavy atom. The molecule has 7 atom stereocenters. The molecule has 4 N–H and O–H groups in total. The van der Waals surface area contributed by atoms with Crippen molar-refractivity contribution in [2.24, 2.45) is 0 Å². The van der Waals surface area contributed by atoms with Crippen LogP contribution in [0, 0.1) is 23.7 Å². The van der Waals surface area contributed by atoms with Gasteiger partial charge in [0.05, 0.1) is 51.5 Å². The second-order valence-corrected chi connectivity index (χ2v) is 16.3. The third-order valence-electron chi connectivity index (χ3n) is 8.63. The van der Waals surface area contributed by atoms with Crippen LogP contribution in [0.5, 0.6) is 11.5 Å². The van der Waals surface area contributed by atoms with E-state index in [0.29, 0.717) is 5.75 Å². The standard InChI is InChI=1S/C38H42N2O14S3/c1-20-32(41)28(53-36(44)22-17-26(49-5)27(50-6)18-24(22)39-35(43)21(2)47-3)19-29(52-20)54-34-33(42)31(40-37(45)51-7)30-23(14-16-56-57-55-8)38(34,46)15-12-10-9-11-13-25(30)48-4/h9-10,14,17-18,20,25,28-29,32,34,41,46H,2,16,19H2,1,3-8H3,(H,39,43)(H,40,45)/b10-9-,23-14+/t20-,25+,28-,29?,32+,34-,38-/m1/s1. The van der Waals surface area contributed by atoms with E-state index in [1.165, 1.54) is 91.1 Å². The zero-order valence-corrected chi connectivity index (χ0v) is 34.4. The number of allylic oxidation sites excluding steroid dienone is 2. The maximum atomic E-state index is 14.5. The van der Waals surface area contributed by atoms with Crippen LogP contribution < -0.4 is 20.1 Å². The number of rotatable bonds is 15. The number of amides is 2. The van der Waals surface area contributed by atoms with E-state index < -0.39 is 66.2 Å². The summed E-state index contributed by atoms with van der Waals surface area (Å²) in [5, 5.41) is 28.7. The van der Waals surface area contributed by atoms with Crippen molar-refractivity contribution in [2.75, 3.05) is 52.9 Å². The van der Waals surface area contributed by atoms with Crippen LogP contribution in [0.3, 0.4) is 0 Å². The highest BCUT2D eigenvalue weighted by molar-refractivity contribution is 9.09. The number of hydrogen-bond acceptors (Lipinski definition) is 17. The molecule has 2 amide bonds. The van der Waals surface area contributed by atoms with Gasteiger partial charge in [0.25, 0.3) is 5.91 Å². The number of esters is 1. The monoisotopic (exact) mass is 846 g/mol. The van der Waals surface area contributed by atoms with Crippen molar-refractivity contribution in [1.82, 2.24) is 5.32 Å². The molecule has 1 aromatic rings. The first-order valence-electron chi connectivity index (χ1n) is 16.9. The van der Waals surface area contributed by atoms with Crippen molar-refractivity contribution in [3.05, 3.63) is 65.1 Å². The van der Waals surface area contributed by atoms with Crippen molar-refractivity contribution >= 4 is 60.9 Å². The molecule has 306 valence electrons. The number of carbonyl (C=O) groups is 4. The Morgan fingerprint density at radius 1 is 1.07 bits per heavy atom. The molecule has 1 saturated heterocycles. The van der Waals surface area contributed by atoms with Gasteiger partial charge in [-0.3, -0.25) is 14.9 Å². The molecule has 1 aromatic carbocycles. The third kappa shape index (κ3) is 10.5. The smallest absolute Gasteiger partial charge is 0.411 e. The number of Topliss-reactive ketones (excluding diaryl/α,β-unsaturated/α-hetero) is 1. The average molecular weight is 847 g/mol. The molecule has 1 fully saturated rings. The van der Waals surface area contributed by atoms with E-state index >= 15 is 0 Å². The summed E-state index contributed by atoms with van der Waals surface area (Å²) in [6, 6.07) is 2.61. The summed E-state index contributed by atoms with van der Waals surface area (Å²) in [4.78, 5) is 53.7. The van der Waals surface area contributed by atoms with E-state index in [0.717, 1.165) is 7.11 Å². The number of hydrogen-bond donors (Lipinski definition) is 4. The quantitative estimate of drug-likeness (QED) is 0.0499. The maximum absolute atomic E-state index is 14.5. The van der Waals surface area contributed by atoms with Crippen LogP contribution in [0.25, 0.3) is 0 Å². The topological polar surface area (TPSA) is 207 Å². The number of fused-ring (bicyclic) bond motifs is 2. The van der Waals surface area contributed by atoms with E-state index in [9.17, 15) is 29.4 Å². The molecule has 2 aliphatic carbocycles. The molecule has 1 heterocycles. The van der Waals surface area contributed by atoms with Gasteiger partial charge < -0.3 is 53.4 Å². The van der Waals surface area contributed by atoms with Crippen LogP contribution >= 0.6 is 31.4 Å². The van der Waals surface area contributed by atoms with Gasteiger partial charge in [-0.25, -0.2) is 9.59 Å². The minimum Gasteiger partial charge on any atom is -0.493 e. The van der Waals surface area contributed by atoms with Crippen molar-refractivity contribution in [2.45, 2.75) is 55.8 Å². The summed E-state index contributed by atoms with van der Waals surface area (Å²) in [6.45, 7) is 5.01. The predicted molar refractivity (Wildman–Crippen MR) is 213 cm³/mol. The Bertz CT molecular complexity index is 1960. The first-order valence-corrected chi connectivity index (χ1v) is 20.9. The summed E-state index contributed by atoms with van der Waals surface area (Å²) in [5.41, 5.74) is -2.84. The van der Waals surface area contributed by atoms with Crippen molar-refractivity contribution < 1.29 is 67.3 Å². The number of alkyl carbamates (subject to hydrolysis) is 1. The number of nitrogens with one attached hydrogen (secondary N) is 2. The number of ether oxygens (including phenoxy) is 8. The summed E-state index contributed by atoms with van der Waals surface area (Å²) in [5.74, 6) is 8.81. The molecule has 1 aliphatic heterocycles. The number of aliphatic hydroxyl groups is 2. The highest BCUT2D eigenvalue weighted by Crippen LogP contribution is 2.42. The number of benzene rings is 1. The predicted octanol–water partition coefficient (Wildman–Crippen LogP) is 3.31. The largest absolute Gasteiger partial charge is 0.493 e. The average Bonchev–Trinajstić information content (AvgIpc) is 3.20. The summed E-state index contributed by atoms with van der Waals surface area (Å²) < 4.78 is 44.1. The zero-order chi connectivity index (χ0) is 41.9. The number of aliphatic hydroxyl groups excluding tert-OH is 1. The lowest BCUT2D eigenvalue weighted by molar-refractivity contribution is -0.266. The Kier molecular flexibility index (Phi) is 16.4. The molecular formula is C38H42N2O14S3. The van der Waals surface area contributed by atoms with Gasteiger partial charge in [-0.15, -0.1) is 0 Å². The zero-order valence-electron chi connectivity index (χ0n) is 32.0. The van der Waals surface area contributed by atoms with Crippen LogP contribution in [0.1, 0.15) is 23.7 Å². The SMILES string of the molecule is C=C(OC)C(=O)Nc1cc(OC)c(OC)cc1C(=O)O[C@@H]1CC(O[C@@H]2C(=O)C(NC(=O)OC)=C3/C(=C\CSSSC)[C@]2(O)C#C/C=C\C#C[C@@H]3OC)O[C@H](C)[C@@H]1O. The molecular weight excluding hydrogens is 805 g/mol. The molecule has 57 heavy (non-hydrogen) atoms. The van der Waals surface area contributed by atoms with Gasteiger partial charge in [0.2, 0.25) is 5.78 Å². The van der Waals surface area contributed by atoms with Gasteiger partial charge in [0.15, 0.2) is 35.3 Å². The molecule has 4 rings (SSSR count). The molecule has 2 bridgehead atoms. The number of methoxy groups -OCH3 is 5. The Morgan fingerprint density at radius 3 is 2.42 bits per heavy atom. The second kappa shape index (κ2) is 20.7. The van der Waals surface area contributed by atoms with Gasteiger partial charge in [-0.1, -0.05) is 57.9 Å². The number of anilines is 1. The fourth-order valence-electron chi connectivity index (χ4n) is 5.85. The molecule has 16 nitrogen and oxygen atoms in total. The van der Waals surface area contributed by atoms with Gasteiger partial charge in [-0.05, 0) is 35.2 Å².